The molecule has 0 spiro atoms. The molecule has 0 radical (unpaired) electrons. The summed E-state index contributed by atoms with van der Waals surface area (Å²) in [4.78, 5) is 34.7. The molecule has 1 fully saturated rings. The molecule has 1 saturated heterocycles. The Bertz CT molecular complexity index is 1090. The second-order valence-corrected chi connectivity index (χ2v) is 7.44. The monoisotopic (exact) mass is 387 g/mol. The van der Waals surface area contributed by atoms with Gasteiger partial charge in [0, 0.05) is 42.9 Å². The van der Waals surface area contributed by atoms with E-state index < -0.39 is 0 Å². The average molecular weight is 387 g/mol. The summed E-state index contributed by atoms with van der Waals surface area (Å²) in [5.74, 6) is 1.10. The number of hydrogen-bond donors (Lipinski definition) is 1. The first-order valence-electron chi connectivity index (χ1n) is 9.66. The molecule has 5 rings (SSSR count). The van der Waals surface area contributed by atoms with Gasteiger partial charge in [-0.15, -0.1) is 0 Å². The third kappa shape index (κ3) is 3.06. The number of hydrogen-bond acceptors (Lipinski definition) is 6. The maximum atomic E-state index is 13.1. The van der Waals surface area contributed by atoms with Crippen molar-refractivity contribution in [1.82, 2.24) is 19.9 Å². The van der Waals surface area contributed by atoms with Crippen molar-refractivity contribution < 1.29 is 4.79 Å². The highest BCUT2D eigenvalue weighted by Crippen LogP contribution is 2.40. The van der Waals surface area contributed by atoms with E-state index in [-0.39, 0.29) is 12.1 Å². The van der Waals surface area contributed by atoms with Gasteiger partial charge in [-0.1, -0.05) is 0 Å². The van der Waals surface area contributed by atoms with Gasteiger partial charge >= 0.3 is 6.03 Å². The Labute approximate surface area is 168 Å². The van der Waals surface area contributed by atoms with Crippen LogP contribution in [-0.2, 0) is 0 Å². The molecular formula is C21H21N7O. The van der Waals surface area contributed by atoms with Crippen molar-refractivity contribution in [3.8, 4) is 11.3 Å². The van der Waals surface area contributed by atoms with Gasteiger partial charge in [0.05, 0.1) is 23.6 Å². The molecule has 0 aliphatic carbocycles. The quantitative estimate of drug-likeness (QED) is 0.727. The smallest absolute Gasteiger partial charge is 0.329 e. The first-order chi connectivity index (χ1) is 14.1. The molecule has 8 nitrogen and oxygen atoms in total. The summed E-state index contributed by atoms with van der Waals surface area (Å²) in [5, 5.41) is 2.85. The molecule has 2 bridgehead atoms. The van der Waals surface area contributed by atoms with E-state index in [9.17, 15) is 4.79 Å². The van der Waals surface area contributed by atoms with Crippen LogP contribution < -0.4 is 15.1 Å². The molecule has 1 atom stereocenters. The van der Waals surface area contributed by atoms with Crippen LogP contribution in [0.1, 0.15) is 17.7 Å². The predicted molar refractivity (Wildman–Crippen MR) is 111 cm³/mol. The number of anilines is 3. The molecule has 0 unspecified atom stereocenters. The number of urea groups is 1. The summed E-state index contributed by atoms with van der Waals surface area (Å²) >= 11 is 0. The standard InChI is InChI=1S/C21H21N7O/c1-13-9-15(10-24-14(13)2)17-3-4-18-20(25-17)28(16-5-8-27(18)12-16)21(29)26-19-11-22-6-7-23-19/h3-4,6-7,9-11,16H,5,8,12H2,1-2H3,(H,23,26,29)/t16-/m0/s1. The lowest BCUT2D eigenvalue weighted by molar-refractivity contribution is 0.254. The van der Waals surface area contributed by atoms with Gasteiger partial charge in [0.25, 0.3) is 0 Å². The Hall–Kier alpha value is -3.55. The molecule has 3 aromatic heterocycles. The Balaban J connectivity index is 1.54. The summed E-state index contributed by atoms with van der Waals surface area (Å²) < 4.78 is 0. The molecule has 29 heavy (non-hydrogen) atoms. The van der Waals surface area contributed by atoms with Crippen LogP contribution in [0.4, 0.5) is 22.1 Å². The molecule has 2 aliphatic rings. The molecule has 0 aromatic carbocycles. The highest BCUT2D eigenvalue weighted by Gasteiger charge is 2.40. The van der Waals surface area contributed by atoms with Crippen LogP contribution >= 0.6 is 0 Å². The molecule has 146 valence electrons. The van der Waals surface area contributed by atoms with Crippen molar-refractivity contribution in [1.29, 1.82) is 0 Å². The van der Waals surface area contributed by atoms with E-state index in [4.69, 9.17) is 4.98 Å². The van der Waals surface area contributed by atoms with Gasteiger partial charge in [-0.3, -0.25) is 20.2 Å². The summed E-state index contributed by atoms with van der Waals surface area (Å²) in [6.45, 7) is 5.76. The van der Waals surface area contributed by atoms with E-state index in [1.807, 2.05) is 26.1 Å². The van der Waals surface area contributed by atoms with E-state index in [1.165, 1.54) is 6.20 Å². The third-order valence-electron chi connectivity index (χ3n) is 5.60. The van der Waals surface area contributed by atoms with E-state index in [0.717, 1.165) is 47.7 Å². The van der Waals surface area contributed by atoms with Crippen molar-refractivity contribution in [2.75, 3.05) is 28.2 Å². The third-order valence-corrected chi connectivity index (χ3v) is 5.60. The topological polar surface area (TPSA) is 87.1 Å². The van der Waals surface area contributed by atoms with Crippen molar-refractivity contribution >= 4 is 23.4 Å². The SMILES string of the molecule is Cc1cc(-c2ccc3c(n2)N(C(=O)Nc2cnccn2)[C@H]2CCN3C2)cnc1C. The zero-order valence-electron chi connectivity index (χ0n) is 16.3. The number of carbonyl (C=O) groups is 1. The number of fused-ring (bicyclic) bond motifs is 4. The number of carbonyl (C=O) groups excluding carboxylic acids is 1. The first-order valence-corrected chi connectivity index (χ1v) is 9.66. The van der Waals surface area contributed by atoms with Gasteiger partial charge < -0.3 is 4.90 Å². The maximum Gasteiger partial charge on any atom is 0.329 e. The van der Waals surface area contributed by atoms with Crippen LogP contribution in [0.2, 0.25) is 0 Å². The molecule has 3 aromatic rings. The van der Waals surface area contributed by atoms with Crippen LogP contribution in [0.15, 0.2) is 43.0 Å². The van der Waals surface area contributed by atoms with Gasteiger partial charge in [-0.2, -0.15) is 0 Å². The zero-order chi connectivity index (χ0) is 20.0. The van der Waals surface area contributed by atoms with E-state index in [1.54, 1.807) is 17.3 Å². The van der Waals surface area contributed by atoms with Crippen LogP contribution in [0.3, 0.4) is 0 Å². The van der Waals surface area contributed by atoms with Gasteiger partial charge in [-0.25, -0.2) is 14.8 Å². The van der Waals surface area contributed by atoms with Crippen molar-refractivity contribution in [2.45, 2.75) is 26.3 Å². The fraction of sp³-hybridized carbons (Fsp3) is 0.286. The minimum atomic E-state index is -0.235. The zero-order valence-corrected chi connectivity index (χ0v) is 16.3. The molecule has 2 aliphatic heterocycles. The largest absolute Gasteiger partial charge is 0.366 e. The van der Waals surface area contributed by atoms with Gasteiger partial charge in [0.2, 0.25) is 0 Å². The summed E-state index contributed by atoms with van der Waals surface area (Å²) in [6.07, 6.45) is 7.41. The number of amides is 2. The maximum absolute atomic E-state index is 13.1. The fourth-order valence-corrected chi connectivity index (χ4v) is 3.95. The molecular weight excluding hydrogens is 366 g/mol. The lowest BCUT2D eigenvalue weighted by Crippen LogP contribution is -2.48. The Morgan fingerprint density at radius 2 is 2.07 bits per heavy atom. The number of nitrogens with zero attached hydrogens (tertiary/aromatic N) is 6. The second kappa shape index (κ2) is 6.80. The number of nitrogens with one attached hydrogen (secondary N) is 1. The van der Waals surface area contributed by atoms with Crippen LogP contribution in [-0.4, -0.2) is 45.1 Å². The van der Waals surface area contributed by atoms with Crippen LogP contribution in [0, 0.1) is 13.8 Å². The van der Waals surface area contributed by atoms with Crippen molar-refractivity contribution in [3.05, 3.63) is 54.2 Å². The normalized spacial score (nSPS) is 17.2. The molecule has 0 saturated carbocycles. The highest BCUT2D eigenvalue weighted by atomic mass is 16.2. The predicted octanol–water partition coefficient (Wildman–Crippen LogP) is 3.18. The number of aryl methyl sites for hydroxylation is 2. The van der Waals surface area contributed by atoms with Crippen molar-refractivity contribution in [2.24, 2.45) is 0 Å². The lowest BCUT2D eigenvalue weighted by atomic mass is 10.1. The van der Waals surface area contributed by atoms with Crippen LogP contribution in [0.25, 0.3) is 11.3 Å². The molecule has 2 amide bonds. The summed E-state index contributed by atoms with van der Waals surface area (Å²) in [7, 11) is 0. The second-order valence-electron chi connectivity index (χ2n) is 7.44. The lowest BCUT2D eigenvalue weighted by Gasteiger charge is -2.35. The minimum absolute atomic E-state index is 0.0831. The average Bonchev–Trinajstić information content (AvgIpc) is 3.15. The molecule has 1 N–H and O–H groups in total. The highest BCUT2D eigenvalue weighted by molar-refractivity contribution is 6.04. The van der Waals surface area contributed by atoms with Crippen LogP contribution in [0.5, 0.6) is 0 Å². The Morgan fingerprint density at radius 3 is 2.86 bits per heavy atom. The number of pyridine rings is 2. The van der Waals surface area contributed by atoms with Gasteiger partial charge in [0.1, 0.15) is 0 Å². The van der Waals surface area contributed by atoms with E-state index in [2.05, 4.69) is 37.3 Å². The van der Waals surface area contributed by atoms with Gasteiger partial charge in [0.15, 0.2) is 11.6 Å². The van der Waals surface area contributed by atoms with Gasteiger partial charge in [-0.05, 0) is 44.0 Å². The number of rotatable bonds is 2. The fourth-order valence-electron chi connectivity index (χ4n) is 3.95. The molecule has 8 heteroatoms. The summed E-state index contributed by atoms with van der Waals surface area (Å²) in [5.41, 5.74) is 4.84. The summed E-state index contributed by atoms with van der Waals surface area (Å²) in [6, 6.07) is 5.98. The molecule has 5 heterocycles. The number of aromatic nitrogens is 4. The van der Waals surface area contributed by atoms with E-state index in [0.29, 0.717) is 11.6 Å². The Kier molecular flexibility index (Phi) is 4.12. The minimum Gasteiger partial charge on any atom is -0.366 e. The Morgan fingerprint density at radius 1 is 1.17 bits per heavy atom. The van der Waals surface area contributed by atoms with Crippen molar-refractivity contribution in [3.63, 3.8) is 0 Å². The van der Waals surface area contributed by atoms with E-state index >= 15 is 0 Å². The first kappa shape index (κ1) is 17.5.